The normalized spacial score (nSPS) is 14.3. The Hall–Kier alpha value is -3.67. The zero-order chi connectivity index (χ0) is 22.7. The van der Waals surface area contributed by atoms with Crippen molar-refractivity contribution >= 4 is 17.5 Å². The number of furan rings is 1. The molecule has 0 spiro atoms. The molecule has 0 bridgehead atoms. The van der Waals surface area contributed by atoms with Crippen LogP contribution < -0.4 is 10.7 Å². The highest BCUT2D eigenvalue weighted by molar-refractivity contribution is 6.07. The van der Waals surface area contributed by atoms with Gasteiger partial charge in [0.25, 0.3) is 11.8 Å². The second kappa shape index (κ2) is 9.22. The highest BCUT2D eigenvalue weighted by Gasteiger charge is 2.28. The van der Waals surface area contributed by atoms with Crippen LogP contribution in [0.25, 0.3) is 11.1 Å². The van der Waals surface area contributed by atoms with E-state index in [0.29, 0.717) is 17.7 Å². The highest BCUT2D eigenvalue weighted by atomic mass is 16.4. The monoisotopic (exact) mass is 429 g/mol. The molecule has 2 N–H and O–H groups in total. The third kappa shape index (κ3) is 4.49. The molecule has 0 fully saturated rings. The molecule has 0 aliphatic heterocycles. The molecule has 3 aromatic rings. The van der Waals surface area contributed by atoms with E-state index in [-0.39, 0.29) is 17.9 Å². The molecule has 1 aromatic heterocycles. The van der Waals surface area contributed by atoms with E-state index in [4.69, 9.17) is 4.42 Å². The van der Waals surface area contributed by atoms with E-state index < -0.39 is 0 Å². The number of aryl methyl sites for hydroxylation is 1. The van der Waals surface area contributed by atoms with Crippen molar-refractivity contribution < 1.29 is 14.0 Å². The number of carbonyl (C=O) groups is 2. The van der Waals surface area contributed by atoms with Gasteiger partial charge in [-0.2, -0.15) is 5.10 Å². The van der Waals surface area contributed by atoms with E-state index in [2.05, 4.69) is 15.8 Å². The molecule has 6 nitrogen and oxygen atoms in total. The Morgan fingerprint density at radius 3 is 2.31 bits per heavy atom. The number of hydrogen-bond acceptors (Lipinski definition) is 4. The third-order valence-electron chi connectivity index (χ3n) is 5.50. The van der Waals surface area contributed by atoms with Crippen LogP contribution in [0.2, 0.25) is 0 Å². The van der Waals surface area contributed by atoms with E-state index in [1.807, 2.05) is 63.2 Å². The van der Waals surface area contributed by atoms with E-state index in [1.54, 1.807) is 12.1 Å². The molecule has 2 aromatic carbocycles. The first-order chi connectivity index (χ1) is 15.4. The zero-order valence-corrected chi connectivity index (χ0v) is 18.6. The Morgan fingerprint density at radius 1 is 0.938 bits per heavy atom. The van der Waals surface area contributed by atoms with Gasteiger partial charge in [-0.1, -0.05) is 42.5 Å². The number of amides is 2. The van der Waals surface area contributed by atoms with Crippen LogP contribution in [0.3, 0.4) is 0 Å². The van der Waals surface area contributed by atoms with Crippen molar-refractivity contribution in [1.82, 2.24) is 10.7 Å². The van der Waals surface area contributed by atoms with Crippen molar-refractivity contribution in [1.29, 1.82) is 0 Å². The fraction of sp³-hybridized carbons (Fsp3) is 0.269. The lowest BCUT2D eigenvalue weighted by Gasteiger charge is -2.13. The summed E-state index contributed by atoms with van der Waals surface area (Å²) in [6.45, 7) is 5.68. The van der Waals surface area contributed by atoms with Crippen LogP contribution in [0.1, 0.15) is 64.5 Å². The summed E-state index contributed by atoms with van der Waals surface area (Å²) >= 11 is 0. The van der Waals surface area contributed by atoms with Gasteiger partial charge in [0.2, 0.25) is 0 Å². The first-order valence-corrected chi connectivity index (χ1v) is 10.9. The van der Waals surface area contributed by atoms with Crippen molar-refractivity contribution in [2.75, 3.05) is 0 Å². The summed E-state index contributed by atoms with van der Waals surface area (Å²) < 4.78 is 5.87. The van der Waals surface area contributed by atoms with Crippen LogP contribution in [-0.2, 0) is 6.42 Å². The lowest BCUT2D eigenvalue weighted by Crippen LogP contribution is -2.30. The van der Waals surface area contributed by atoms with Crippen LogP contribution in [0.4, 0.5) is 0 Å². The van der Waals surface area contributed by atoms with Gasteiger partial charge in [0, 0.05) is 29.2 Å². The Labute approximate surface area is 187 Å². The van der Waals surface area contributed by atoms with Crippen LogP contribution >= 0.6 is 0 Å². The number of rotatable bonds is 5. The van der Waals surface area contributed by atoms with Crippen LogP contribution in [-0.4, -0.2) is 23.6 Å². The molecular formula is C26H27N3O3. The molecule has 4 rings (SSSR count). The molecule has 1 aliphatic rings. The Balaban J connectivity index is 1.51. The average Bonchev–Trinajstić information content (AvgIpc) is 3.15. The Kier molecular flexibility index (Phi) is 6.21. The van der Waals surface area contributed by atoms with Gasteiger partial charge >= 0.3 is 0 Å². The van der Waals surface area contributed by atoms with E-state index in [1.165, 1.54) is 0 Å². The van der Waals surface area contributed by atoms with E-state index in [0.717, 1.165) is 46.6 Å². The molecule has 0 unspecified atom stereocenters. The number of nitrogens with zero attached hydrogens (tertiary/aromatic N) is 1. The first kappa shape index (κ1) is 21.6. The van der Waals surface area contributed by atoms with E-state index >= 15 is 0 Å². The second-order valence-corrected chi connectivity index (χ2v) is 8.28. The molecule has 32 heavy (non-hydrogen) atoms. The fourth-order valence-corrected chi connectivity index (χ4v) is 3.95. The zero-order valence-electron chi connectivity index (χ0n) is 18.6. The minimum Gasteiger partial charge on any atom is -0.455 e. The predicted molar refractivity (Wildman–Crippen MR) is 125 cm³/mol. The van der Waals surface area contributed by atoms with Crippen LogP contribution in [0.15, 0.2) is 64.1 Å². The lowest BCUT2D eigenvalue weighted by molar-refractivity contribution is 0.0911. The summed E-state index contributed by atoms with van der Waals surface area (Å²) in [5.41, 5.74) is 7.69. The Morgan fingerprint density at radius 2 is 1.62 bits per heavy atom. The molecule has 164 valence electrons. The minimum absolute atomic E-state index is 0.0183. The van der Waals surface area contributed by atoms with Gasteiger partial charge in [0.1, 0.15) is 5.76 Å². The molecule has 1 heterocycles. The number of fused-ring (bicyclic) bond motifs is 1. The largest absolute Gasteiger partial charge is 0.455 e. The van der Waals surface area contributed by atoms with Crippen molar-refractivity contribution in [3.63, 3.8) is 0 Å². The predicted octanol–water partition coefficient (Wildman–Crippen LogP) is 4.86. The highest BCUT2D eigenvalue weighted by Crippen LogP contribution is 2.30. The molecule has 0 saturated heterocycles. The molecule has 6 heteroatoms. The number of hydrogen-bond donors (Lipinski definition) is 2. The summed E-state index contributed by atoms with van der Waals surface area (Å²) in [5, 5.41) is 7.27. The van der Waals surface area contributed by atoms with Gasteiger partial charge in [-0.25, -0.2) is 5.43 Å². The summed E-state index contributed by atoms with van der Waals surface area (Å²) in [5.74, 6) is 0.570. The standard InChI is InChI=1S/C26H27N3O3/c1-16(2)27-26(31)24-17(3)23-21(10-7-11-22(23)32-24)28-29-25(30)20-14-12-19(13-15-20)18-8-5-4-6-9-18/h4-6,8-9,12-16H,7,10-11H2,1-3H3,(H,27,31)(H,29,30)/b28-21+. The van der Waals surface area contributed by atoms with Crippen LogP contribution in [0.5, 0.6) is 0 Å². The Bertz CT molecular complexity index is 1160. The molecule has 1 aliphatic carbocycles. The first-order valence-electron chi connectivity index (χ1n) is 10.9. The van der Waals surface area contributed by atoms with Crippen molar-refractivity contribution in [2.45, 2.75) is 46.1 Å². The van der Waals surface area contributed by atoms with Gasteiger partial charge in [-0.3, -0.25) is 9.59 Å². The van der Waals surface area contributed by atoms with Gasteiger partial charge < -0.3 is 9.73 Å². The average molecular weight is 430 g/mol. The van der Waals surface area contributed by atoms with Gasteiger partial charge in [-0.15, -0.1) is 0 Å². The topological polar surface area (TPSA) is 83.7 Å². The summed E-state index contributed by atoms with van der Waals surface area (Å²) in [6, 6.07) is 17.5. The molecule has 0 atom stereocenters. The van der Waals surface area contributed by atoms with Gasteiger partial charge in [0.05, 0.1) is 5.71 Å². The number of benzene rings is 2. The summed E-state index contributed by atoms with van der Waals surface area (Å²) in [7, 11) is 0. The SMILES string of the molecule is Cc1c(C(=O)NC(C)C)oc2c1/C(=N/NC(=O)c1ccc(-c3ccccc3)cc1)CCC2. The van der Waals surface area contributed by atoms with Crippen molar-refractivity contribution in [2.24, 2.45) is 5.10 Å². The maximum absolute atomic E-state index is 12.7. The van der Waals surface area contributed by atoms with Gasteiger partial charge in [-0.05, 0) is 56.9 Å². The van der Waals surface area contributed by atoms with Crippen molar-refractivity contribution in [3.8, 4) is 11.1 Å². The second-order valence-electron chi connectivity index (χ2n) is 8.28. The number of nitrogens with one attached hydrogen (secondary N) is 2. The number of hydrazone groups is 1. The fourth-order valence-electron chi connectivity index (χ4n) is 3.95. The molecular weight excluding hydrogens is 402 g/mol. The molecule has 0 saturated carbocycles. The number of carbonyl (C=O) groups excluding carboxylic acids is 2. The molecule has 0 radical (unpaired) electrons. The maximum atomic E-state index is 12.7. The van der Waals surface area contributed by atoms with Crippen molar-refractivity contribution in [3.05, 3.63) is 82.8 Å². The quantitative estimate of drug-likeness (QED) is 0.568. The minimum atomic E-state index is -0.275. The summed E-state index contributed by atoms with van der Waals surface area (Å²) in [4.78, 5) is 25.1. The molecule has 2 amide bonds. The van der Waals surface area contributed by atoms with Crippen LogP contribution in [0, 0.1) is 6.92 Å². The third-order valence-corrected chi connectivity index (χ3v) is 5.50. The van der Waals surface area contributed by atoms with E-state index in [9.17, 15) is 9.59 Å². The lowest BCUT2D eigenvalue weighted by atomic mass is 9.93. The van der Waals surface area contributed by atoms with Gasteiger partial charge in [0.15, 0.2) is 5.76 Å². The maximum Gasteiger partial charge on any atom is 0.287 e. The summed E-state index contributed by atoms with van der Waals surface area (Å²) in [6.07, 6.45) is 2.32. The smallest absolute Gasteiger partial charge is 0.287 e.